The van der Waals surface area contributed by atoms with Crippen LogP contribution in [0.1, 0.15) is 19.3 Å². The van der Waals surface area contributed by atoms with Gasteiger partial charge in [-0.25, -0.2) is 9.97 Å². The third-order valence-electron chi connectivity index (χ3n) is 3.58. The van der Waals surface area contributed by atoms with E-state index in [1.807, 2.05) is 0 Å². The van der Waals surface area contributed by atoms with Gasteiger partial charge in [-0.3, -0.25) is 0 Å². The summed E-state index contributed by atoms with van der Waals surface area (Å²) in [5.41, 5.74) is 0. The third-order valence-corrected chi connectivity index (χ3v) is 4.62. The first-order valence-electron chi connectivity index (χ1n) is 6.37. The summed E-state index contributed by atoms with van der Waals surface area (Å²) >= 11 is 7.54. The summed E-state index contributed by atoms with van der Waals surface area (Å²) in [4.78, 5) is 12.3. The Hall–Kier alpha value is -0.870. The molecule has 3 nitrogen and oxygen atoms in total. The average molecular weight is 282 g/mol. The highest BCUT2D eigenvalue weighted by Gasteiger charge is 2.22. The molecule has 0 spiro atoms. The summed E-state index contributed by atoms with van der Waals surface area (Å²) in [6, 6.07) is 2.13. The SMILES string of the molecule is ClCCC1CCCN(c2ncnc3sccc23)C1. The number of nitrogens with zero attached hydrogens (tertiary/aromatic N) is 3. The first-order valence-corrected chi connectivity index (χ1v) is 7.79. The Bertz CT molecular complexity index is 526. The molecular weight excluding hydrogens is 266 g/mol. The highest BCUT2D eigenvalue weighted by atomic mass is 35.5. The fourth-order valence-electron chi connectivity index (χ4n) is 2.68. The Morgan fingerprint density at radius 3 is 3.28 bits per heavy atom. The Kier molecular flexibility index (Phi) is 3.66. The van der Waals surface area contributed by atoms with Crippen molar-refractivity contribution < 1.29 is 0 Å². The van der Waals surface area contributed by atoms with Crippen molar-refractivity contribution in [2.45, 2.75) is 19.3 Å². The van der Waals surface area contributed by atoms with E-state index in [4.69, 9.17) is 11.6 Å². The number of aromatic nitrogens is 2. The molecule has 0 bridgehead atoms. The third kappa shape index (κ3) is 2.31. The van der Waals surface area contributed by atoms with Crippen LogP contribution in [-0.4, -0.2) is 28.9 Å². The van der Waals surface area contributed by atoms with Gasteiger partial charge in [-0.2, -0.15) is 0 Å². The second kappa shape index (κ2) is 5.41. The van der Waals surface area contributed by atoms with Gasteiger partial charge >= 0.3 is 0 Å². The second-order valence-electron chi connectivity index (χ2n) is 4.77. The maximum atomic E-state index is 5.86. The van der Waals surface area contributed by atoms with E-state index < -0.39 is 0 Å². The number of piperidine rings is 1. The van der Waals surface area contributed by atoms with Crippen LogP contribution < -0.4 is 4.90 Å². The van der Waals surface area contributed by atoms with Gasteiger partial charge in [0.15, 0.2) is 0 Å². The molecule has 5 heteroatoms. The van der Waals surface area contributed by atoms with Crippen LogP contribution in [0.2, 0.25) is 0 Å². The molecule has 1 atom stereocenters. The van der Waals surface area contributed by atoms with Gasteiger partial charge in [-0.1, -0.05) is 0 Å². The van der Waals surface area contributed by atoms with E-state index in [0.717, 1.165) is 36.0 Å². The number of anilines is 1. The summed E-state index contributed by atoms with van der Waals surface area (Å²) in [5, 5.41) is 3.28. The second-order valence-corrected chi connectivity index (χ2v) is 6.04. The lowest BCUT2D eigenvalue weighted by molar-refractivity contribution is 0.405. The van der Waals surface area contributed by atoms with Crippen molar-refractivity contribution in [2.24, 2.45) is 5.92 Å². The lowest BCUT2D eigenvalue weighted by atomic mass is 9.95. The van der Waals surface area contributed by atoms with E-state index in [0.29, 0.717) is 5.92 Å². The first kappa shape index (κ1) is 12.2. The zero-order chi connectivity index (χ0) is 12.4. The van der Waals surface area contributed by atoms with Gasteiger partial charge in [0.1, 0.15) is 17.0 Å². The summed E-state index contributed by atoms with van der Waals surface area (Å²) in [7, 11) is 0. The maximum absolute atomic E-state index is 5.86. The Morgan fingerprint density at radius 1 is 1.44 bits per heavy atom. The fourth-order valence-corrected chi connectivity index (χ4v) is 3.71. The number of rotatable bonds is 3. The molecule has 1 aliphatic rings. The van der Waals surface area contributed by atoms with E-state index in [-0.39, 0.29) is 0 Å². The molecule has 0 aliphatic carbocycles. The Labute approximate surface area is 116 Å². The molecule has 0 aromatic carbocycles. The van der Waals surface area contributed by atoms with Crippen molar-refractivity contribution in [2.75, 3.05) is 23.9 Å². The number of hydrogen-bond donors (Lipinski definition) is 0. The number of hydrogen-bond acceptors (Lipinski definition) is 4. The standard InChI is InChI=1S/C13H16ClN3S/c14-5-3-10-2-1-6-17(8-10)12-11-4-7-18-13(11)16-9-15-12/h4,7,9-10H,1-3,5-6,8H2. The molecule has 3 heterocycles. The predicted octanol–water partition coefficient (Wildman–Crippen LogP) is 3.54. The van der Waals surface area contributed by atoms with Crippen molar-refractivity contribution in [1.29, 1.82) is 0 Å². The number of thiophene rings is 1. The summed E-state index contributed by atoms with van der Waals surface area (Å²) in [6.07, 6.45) is 5.31. The van der Waals surface area contributed by atoms with Crippen LogP contribution in [0.5, 0.6) is 0 Å². The van der Waals surface area contributed by atoms with E-state index in [1.54, 1.807) is 17.7 Å². The van der Waals surface area contributed by atoms with Crippen LogP contribution in [0.25, 0.3) is 10.2 Å². The summed E-state index contributed by atoms with van der Waals surface area (Å²) in [6.45, 7) is 2.18. The molecule has 3 rings (SSSR count). The molecular formula is C13H16ClN3S. The molecule has 18 heavy (non-hydrogen) atoms. The Morgan fingerprint density at radius 2 is 2.39 bits per heavy atom. The van der Waals surface area contributed by atoms with Crippen molar-refractivity contribution in [3.63, 3.8) is 0 Å². The minimum Gasteiger partial charge on any atom is -0.356 e. The molecule has 96 valence electrons. The van der Waals surface area contributed by atoms with Crippen molar-refractivity contribution in [3.05, 3.63) is 17.8 Å². The van der Waals surface area contributed by atoms with Crippen LogP contribution >= 0.6 is 22.9 Å². The number of halogens is 1. The quantitative estimate of drug-likeness (QED) is 0.806. The molecule has 0 radical (unpaired) electrons. The molecule has 0 saturated carbocycles. The topological polar surface area (TPSA) is 29.0 Å². The summed E-state index contributed by atoms with van der Waals surface area (Å²) in [5.74, 6) is 2.57. The maximum Gasteiger partial charge on any atom is 0.140 e. The van der Waals surface area contributed by atoms with Crippen LogP contribution in [0.4, 0.5) is 5.82 Å². The van der Waals surface area contributed by atoms with E-state index >= 15 is 0 Å². The molecule has 1 saturated heterocycles. The van der Waals surface area contributed by atoms with E-state index in [9.17, 15) is 0 Å². The predicted molar refractivity (Wildman–Crippen MR) is 77.7 cm³/mol. The van der Waals surface area contributed by atoms with Gasteiger partial charge in [0.2, 0.25) is 0 Å². The van der Waals surface area contributed by atoms with E-state index in [2.05, 4.69) is 26.3 Å². The molecule has 2 aromatic heterocycles. The van der Waals surface area contributed by atoms with Gasteiger partial charge in [-0.15, -0.1) is 22.9 Å². The number of fused-ring (bicyclic) bond motifs is 1. The zero-order valence-corrected chi connectivity index (χ0v) is 11.8. The minimum atomic E-state index is 0.708. The lowest BCUT2D eigenvalue weighted by Gasteiger charge is -2.33. The highest BCUT2D eigenvalue weighted by molar-refractivity contribution is 7.16. The molecule has 2 aromatic rings. The van der Waals surface area contributed by atoms with Crippen molar-refractivity contribution in [1.82, 2.24) is 9.97 Å². The molecule has 0 amide bonds. The van der Waals surface area contributed by atoms with Gasteiger partial charge in [0.25, 0.3) is 0 Å². The highest BCUT2D eigenvalue weighted by Crippen LogP contribution is 2.30. The van der Waals surface area contributed by atoms with Crippen LogP contribution in [0, 0.1) is 5.92 Å². The molecule has 1 unspecified atom stereocenters. The molecule has 0 N–H and O–H groups in total. The molecule has 1 aliphatic heterocycles. The van der Waals surface area contributed by atoms with Crippen LogP contribution in [0.15, 0.2) is 17.8 Å². The van der Waals surface area contributed by atoms with Crippen molar-refractivity contribution >= 4 is 39.0 Å². The lowest BCUT2D eigenvalue weighted by Crippen LogP contribution is -2.36. The smallest absolute Gasteiger partial charge is 0.140 e. The van der Waals surface area contributed by atoms with Gasteiger partial charge in [0, 0.05) is 19.0 Å². The fraction of sp³-hybridized carbons (Fsp3) is 0.538. The normalized spacial score (nSPS) is 20.5. The van der Waals surface area contributed by atoms with Gasteiger partial charge < -0.3 is 4.90 Å². The number of alkyl halides is 1. The largest absolute Gasteiger partial charge is 0.356 e. The molecule has 1 fully saturated rings. The Balaban J connectivity index is 1.87. The van der Waals surface area contributed by atoms with Gasteiger partial charge in [-0.05, 0) is 36.6 Å². The van der Waals surface area contributed by atoms with Crippen LogP contribution in [-0.2, 0) is 0 Å². The van der Waals surface area contributed by atoms with E-state index in [1.165, 1.54) is 18.2 Å². The minimum absolute atomic E-state index is 0.708. The monoisotopic (exact) mass is 281 g/mol. The zero-order valence-electron chi connectivity index (χ0n) is 10.2. The van der Waals surface area contributed by atoms with Crippen molar-refractivity contribution in [3.8, 4) is 0 Å². The first-order chi connectivity index (χ1) is 8.88. The van der Waals surface area contributed by atoms with Gasteiger partial charge in [0.05, 0.1) is 5.39 Å². The summed E-state index contributed by atoms with van der Waals surface area (Å²) < 4.78 is 0. The average Bonchev–Trinajstić information content (AvgIpc) is 2.87. The van der Waals surface area contributed by atoms with Crippen LogP contribution in [0.3, 0.4) is 0 Å².